The van der Waals surface area contributed by atoms with Gasteiger partial charge >= 0.3 is 5.97 Å². The zero-order valence-corrected chi connectivity index (χ0v) is 10.6. The second kappa shape index (κ2) is 5.95. The zero-order valence-electron chi connectivity index (χ0n) is 10.6. The summed E-state index contributed by atoms with van der Waals surface area (Å²) in [5, 5.41) is 3.88. The average molecular weight is 258 g/mol. The molecule has 98 valence electrons. The van der Waals surface area contributed by atoms with Crippen molar-refractivity contribution < 1.29 is 9.53 Å². The standard InChI is InChI=1S/C14H14N2O3/c1-2-16-13(17)8-12(9-15-16)14(18)19-10-11-6-4-3-5-7-11/h3-9H,2,10H2,1H3. The SMILES string of the molecule is CCn1ncc(C(=O)OCc2ccccc2)cc1=O. The molecule has 2 aromatic rings. The third-order valence-electron chi connectivity index (χ3n) is 2.62. The summed E-state index contributed by atoms with van der Waals surface area (Å²) in [6, 6.07) is 10.6. The van der Waals surface area contributed by atoms with Gasteiger partial charge in [0.05, 0.1) is 11.8 Å². The maximum Gasteiger partial charge on any atom is 0.340 e. The molecule has 2 rings (SSSR count). The van der Waals surface area contributed by atoms with Crippen molar-refractivity contribution in [1.29, 1.82) is 0 Å². The van der Waals surface area contributed by atoms with Crippen molar-refractivity contribution in [2.75, 3.05) is 0 Å². The van der Waals surface area contributed by atoms with Crippen LogP contribution in [0.2, 0.25) is 0 Å². The molecule has 0 spiro atoms. The van der Waals surface area contributed by atoms with Crippen LogP contribution < -0.4 is 5.56 Å². The molecule has 0 atom stereocenters. The molecule has 1 aromatic heterocycles. The van der Waals surface area contributed by atoms with Crippen LogP contribution in [0, 0.1) is 0 Å². The molecule has 5 heteroatoms. The summed E-state index contributed by atoms with van der Waals surface area (Å²) in [5.74, 6) is -0.545. The van der Waals surface area contributed by atoms with E-state index in [9.17, 15) is 9.59 Å². The van der Waals surface area contributed by atoms with Gasteiger partial charge in [0, 0.05) is 12.6 Å². The number of carbonyl (C=O) groups is 1. The summed E-state index contributed by atoms with van der Waals surface area (Å²) in [7, 11) is 0. The summed E-state index contributed by atoms with van der Waals surface area (Å²) in [6.07, 6.45) is 1.35. The fraction of sp³-hybridized carbons (Fsp3) is 0.214. The number of hydrogen-bond donors (Lipinski definition) is 0. The molecule has 1 aromatic carbocycles. The summed E-state index contributed by atoms with van der Waals surface area (Å²) >= 11 is 0. The first kappa shape index (κ1) is 13.0. The lowest BCUT2D eigenvalue weighted by Crippen LogP contribution is -2.23. The molecule has 0 bridgehead atoms. The topological polar surface area (TPSA) is 61.2 Å². The van der Waals surface area contributed by atoms with Crippen molar-refractivity contribution >= 4 is 5.97 Å². The molecule has 0 radical (unpaired) electrons. The lowest BCUT2D eigenvalue weighted by molar-refractivity contribution is 0.0471. The van der Waals surface area contributed by atoms with Gasteiger partial charge in [-0.2, -0.15) is 5.10 Å². The van der Waals surface area contributed by atoms with E-state index in [1.807, 2.05) is 37.3 Å². The first-order valence-corrected chi connectivity index (χ1v) is 5.99. The van der Waals surface area contributed by atoms with Crippen molar-refractivity contribution in [3.63, 3.8) is 0 Å². The van der Waals surface area contributed by atoms with E-state index in [1.165, 1.54) is 16.9 Å². The van der Waals surface area contributed by atoms with E-state index >= 15 is 0 Å². The minimum atomic E-state index is -0.545. The average Bonchev–Trinajstić information content (AvgIpc) is 2.45. The van der Waals surface area contributed by atoms with Gasteiger partial charge in [0.1, 0.15) is 6.61 Å². The van der Waals surface area contributed by atoms with E-state index in [4.69, 9.17) is 4.74 Å². The van der Waals surface area contributed by atoms with Crippen LogP contribution in [0.4, 0.5) is 0 Å². The molecular formula is C14H14N2O3. The highest BCUT2D eigenvalue weighted by Gasteiger charge is 2.09. The van der Waals surface area contributed by atoms with E-state index < -0.39 is 5.97 Å². The lowest BCUT2D eigenvalue weighted by Gasteiger charge is -2.05. The molecule has 0 fully saturated rings. The van der Waals surface area contributed by atoms with Gasteiger partial charge in [-0.1, -0.05) is 30.3 Å². The molecule has 19 heavy (non-hydrogen) atoms. The van der Waals surface area contributed by atoms with E-state index in [2.05, 4.69) is 5.10 Å². The normalized spacial score (nSPS) is 10.2. The quantitative estimate of drug-likeness (QED) is 0.782. The minimum Gasteiger partial charge on any atom is -0.457 e. The molecule has 0 aliphatic heterocycles. The molecule has 0 N–H and O–H groups in total. The van der Waals surface area contributed by atoms with Crippen LogP contribution in [0.3, 0.4) is 0 Å². The number of aromatic nitrogens is 2. The zero-order chi connectivity index (χ0) is 13.7. The Morgan fingerprint density at radius 3 is 2.68 bits per heavy atom. The predicted octanol–water partition coefficient (Wildman–Crippen LogP) is 1.62. The van der Waals surface area contributed by atoms with Crippen molar-refractivity contribution in [2.24, 2.45) is 0 Å². The third-order valence-corrected chi connectivity index (χ3v) is 2.62. The largest absolute Gasteiger partial charge is 0.457 e. The lowest BCUT2D eigenvalue weighted by atomic mass is 10.2. The van der Waals surface area contributed by atoms with Gasteiger partial charge in [-0.25, -0.2) is 9.48 Å². The molecule has 0 aliphatic carbocycles. The van der Waals surface area contributed by atoms with Crippen LogP contribution in [0.15, 0.2) is 47.4 Å². The first-order chi connectivity index (χ1) is 9.20. The van der Waals surface area contributed by atoms with Crippen molar-refractivity contribution in [2.45, 2.75) is 20.1 Å². The van der Waals surface area contributed by atoms with Crippen LogP contribution in [0.25, 0.3) is 0 Å². The van der Waals surface area contributed by atoms with Crippen LogP contribution in [-0.2, 0) is 17.9 Å². The number of aryl methyl sites for hydroxylation is 1. The number of benzene rings is 1. The third kappa shape index (κ3) is 3.28. The van der Waals surface area contributed by atoms with Crippen molar-refractivity contribution in [1.82, 2.24) is 9.78 Å². The fourth-order valence-corrected chi connectivity index (χ4v) is 1.59. The monoisotopic (exact) mass is 258 g/mol. The fourth-order valence-electron chi connectivity index (χ4n) is 1.59. The second-order valence-electron chi connectivity index (χ2n) is 3.96. The van der Waals surface area contributed by atoms with E-state index in [-0.39, 0.29) is 17.7 Å². The van der Waals surface area contributed by atoms with Gasteiger partial charge < -0.3 is 4.74 Å². The number of rotatable bonds is 4. The van der Waals surface area contributed by atoms with Crippen LogP contribution >= 0.6 is 0 Å². The number of carbonyl (C=O) groups excluding carboxylic acids is 1. The number of nitrogens with zero attached hydrogens (tertiary/aromatic N) is 2. The van der Waals surface area contributed by atoms with Crippen LogP contribution in [-0.4, -0.2) is 15.7 Å². The molecular weight excluding hydrogens is 244 g/mol. The Balaban J connectivity index is 2.04. The molecule has 0 unspecified atom stereocenters. The van der Waals surface area contributed by atoms with Crippen molar-refractivity contribution in [3.05, 3.63) is 64.1 Å². The molecule has 0 aliphatic rings. The van der Waals surface area contributed by atoms with Gasteiger partial charge in [0.25, 0.3) is 5.56 Å². The highest BCUT2D eigenvalue weighted by Crippen LogP contribution is 2.03. The molecule has 0 amide bonds. The Bertz CT molecular complexity index is 620. The summed E-state index contributed by atoms with van der Waals surface area (Å²) in [6.45, 7) is 2.45. The Labute approximate surface area is 110 Å². The summed E-state index contributed by atoms with van der Waals surface area (Å²) < 4.78 is 6.39. The Morgan fingerprint density at radius 2 is 2.05 bits per heavy atom. The second-order valence-corrected chi connectivity index (χ2v) is 3.96. The number of ether oxygens (including phenoxy) is 1. The maximum absolute atomic E-state index is 11.8. The Kier molecular flexibility index (Phi) is 4.07. The van der Waals surface area contributed by atoms with Crippen LogP contribution in [0.1, 0.15) is 22.8 Å². The Morgan fingerprint density at radius 1 is 1.32 bits per heavy atom. The van der Waals surface area contributed by atoms with Gasteiger partial charge in [-0.15, -0.1) is 0 Å². The van der Waals surface area contributed by atoms with Gasteiger partial charge in [0.2, 0.25) is 0 Å². The van der Waals surface area contributed by atoms with Gasteiger partial charge in [0.15, 0.2) is 0 Å². The highest BCUT2D eigenvalue weighted by molar-refractivity contribution is 5.88. The smallest absolute Gasteiger partial charge is 0.340 e. The predicted molar refractivity (Wildman–Crippen MR) is 69.7 cm³/mol. The van der Waals surface area contributed by atoms with Gasteiger partial charge in [-0.3, -0.25) is 4.79 Å². The number of esters is 1. The summed E-state index contributed by atoms with van der Waals surface area (Å²) in [4.78, 5) is 23.3. The summed E-state index contributed by atoms with van der Waals surface area (Å²) in [5.41, 5.74) is 0.757. The first-order valence-electron chi connectivity index (χ1n) is 5.99. The highest BCUT2D eigenvalue weighted by atomic mass is 16.5. The minimum absolute atomic E-state index is 0.172. The van der Waals surface area contributed by atoms with Crippen LogP contribution in [0.5, 0.6) is 0 Å². The van der Waals surface area contributed by atoms with Crippen molar-refractivity contribution in [3.8, 4) is 0 Å². The molecule has 0 saturated carbocycles. The molecule has 1 heterocycles. The van der Waals surface area contributed by atoms with E-state index in [1.54, 1.807) is 0 Å². The molecule has 5 nitrogen and oxygen atoms in total. The number of hydrogen-bond acceptors (Lipinski definition) is 4. The van der Waals surface area contributed by atoms with E-state index in [0.29, 0.717) is 6.54 Å². The van der Waals surface area contributed by atoms with E-state index in [0.717, 1.165) is 5.56 Å². The Hall–Kier alpha value is -2.43. The maximum atomic E-state index is 11.8. The molecule has 0 saturated heterocycles. The van der Waals surface area contributed by atoms with Gasteiger partial charge in [-0.05, 0) is 12.5 Å².